The van der Waals surface area contributed by atoms with Crippen molar-refractivity contribution < 1.29 is 18.7 Å². The molecule has 1 unspecified atom stereocenters. The van der Waals surface area contributed by atoms with Crippen LogP contribution in [0.25, 0.3) is 0 Å². The van der Waals surface area contributed by atoms with Crippen LogP contribution in [0.4, 0.5) is 8.78 Å². The molecule has 1 rings (SSSR count). The lowest BCUT2D eigenvalue weighted by Crippen LogP contribution is -2.16. The Labute approximate surface area is 86.5 Å². The molecule has 0 bridgehead atoms. The highest BCUT2D eigenvalue weighted by atomic mass is 19.1. The molecule has 0 radical (unpaired) electrons. The summed E-state index contributed by atoms with van der Waals surface area (Å²) in [5.41, 5.74) is -0.147. The molecule has 2 nitrogen and oxygen atoms in total. The molecule has 82 valence electrons. The van der Waals surface area contributed by atoms with Crippen LogP contribution < -0.4 is 0 Å². The first kappa shape index (κ1) is 11.6. The van der Waals surface area contributed by atoms with Crippen LogP contribution in [-0.2, 0) is 11.2 Å². The van der Waals surface area contributed by atoms with Gasteiger partial charge in [-0.25, -0.2) is 8.78 Å². The minimum Gasteiger partial charge on any atom is -0.481 e. The van der Waals surface area contributed by atoms with E-state index in [-0.39, 0.29) is 12.0 Å². The van der Waals surface area contributed by atoms with Gasteiger partial charge < -0.3 is 5.11 Å². The van der Waals surface area contributed by atoms with Gasteiger partial charge in [0.25, 0.3) is 0 Å². The van der Waals surface area contributed by atoms with Crippen LogP contribution in [0.1, 0.15) is 18.9 Å². The zero-order valence-electron chi connectivity index (χ0n) is 8.34. The number of hydrogen-bond donors (Lipinski definition) is 1. The van der Waals surface area contributed by atoms with Crippen molar-refractivity contribution in [3.8, 4) is 0 Å². The minimum absolute atomic E-state index is 0.107. The molecule has 0 aliphatic rings. The molecular weight excluding hydrogens is 202 g/mol. The first-order valence-electron chi connectivity index (χ1n) is 4.72. The van der Waals surface area contributed by atoms with Crippen LogP contribution in [-0.4, -0.2) is 11.1 Å². The number of rotatable bonds is 4. The highest BCUT2D eigenvalue weighted by Crippen LogP contribution is 2.18. The van der Waals surface area contributed by atoms with Crippen molar-refractivity contribution in [1.29, 1.82) is 0 Å². The molecule has 15 heavy (non-hydrogen) atoms. The number of carboxylic acids is 1. The van der Waals surface area contributed by atoms with E-state index < -0.39 is 23.5 Å². The Morgan fingerprint density at radius 1 is 1.40 bits per heavy atom. The summed E-state index contributed by atoms with van der Waals surface area (Å²) in [6.07, 6.45) is 0.243. The van der Waals surface area contributed by atoms with E-state index in [2.05, 4.69) is 0 Å². The molecule has 0 saturated heterocycles. The SMILES string of the molecule is CCC(Cc1c(F)cccc1F)C(=O)O. The zero-order chi connectivity index (χ0) is 11.4. The van der Waals surface area contributed by atoms with Crippen molar-refractivity contribution in [2.24, 2.45) is 5.92 Å². The van der Waals surface area contributed by atoms with E-state index in [0.717, 1.165) is 12.1 Å². The van der Waals surface area contributed by atoms with Crippen LogP contribution >= 0.6 is 0 Å². The molecule has 0 aliphatic carbocycles. The molecule has 0 spiro atoms. The van der Waals surface area contributed by atoms with Crippen molar-refractivity contribution in [2.75, 3.05) is 0 Å². The van der Waals surface area contributed by atoms with Gasteiger partial charge in [0.15, 0.2) is 0 Å². The number of benzene rings is 1. The quantitative estimate of drug-likeness (QED) is 0.836. The van der Waals surface area contributed by atoms with Gasteiger partial charge >= 0.3 is 5.97 Å². The molecule has 1 aromatic rings. The molecule has 1 atom stereocenters. The molecule has 0 aromatic heterocycles. The zero-order valence-corrected chi connectivity index (χ0v) is 8.34. The number of halogens is 2. The first-order valence-corrected chi connectivity index (χ1v) is 4.72. The molecule has 0 amide bonds. The van der Waals surface area contributed by atoms with Gasteiger partial charge in [-0.05, 0) is 25.0 Å². The van der Waals surface area contributed by atoms with Crippen LogP contribution in [0.5, 0.6) is 0 Å². The maximum Gasteiger partial charge on any atom is 0.306 e. The average Bonchev–Trinajstić information content (AvgIpc) is 2.17. The number of carboxylic acid groups (broad SMARTS) is 1. The Balaban J connectivity index is 2.92. The van der Waals surface area contributed by atoms with Crippen LogP contribution in [0, 0.1) is 17.6 Å². The summed E-state index contributed by atoms with van der Waals surface area (Å²) in [6, 6.07) is 3.52. The molecule has 0 saturated carbocycles. The third kappa shape index (κ3) is 2.75. The van der Waals surface area contributed by atoms with E-state index in [1.807, 2.05) is 0 Å². The molecule has 4 heteroatoms. The van der Waals surface area contributed by atoms with Gasteiger partial charge in [-0.1, -0.05) is 13.0 Å². The Kier molecular flexibility index (Phi) is 3.77. The summed E-state index contributed by atoms with van der Waals surface area (Å²) in [5, 5.41) is 8.77. The highest BCUT2D eigenvalue weighted by Gasteiger charge is 2.19. The monoisotopic (exact) mass is 214 g/mol. The van der Waals surface area contributed by atoms with Crippen molar-refractivity contribution in [2.45, 2.75) is 19.8 Å². The molecule has 0 aliphatic heterocycles. The third-order valence-corrected chi connectivity index (χ3v) is 2.35. The van der Waals surface area contributed by atoms with Gasteiger partial charge in [0.05, 0.1) is 5.92 Å². The van der Waals surface area contributed by atoms with Gasteiger partial charge in [-0.3, -0.25) is 4.79 Å². The summed E-state index contributed by atoms with van der Waals surface area (Å²) >= 11 is 0. The summed E-state index contributed by atoms with van der Waals surface area (Å²) in [6.45, 7) is 1.68. The smallest absolute Gasteiger partial charge is 0.306 e. The topological polar surface area (TPSA) is 37.3 Å². The predicted octanol–water partition coefficient (Wildman–Crippen LogP) is 2.62. The van der Waals surface area contributed by atoms with Crippen molar-refractivity contribution >= 4 is 5.97 Å². The maximum absolute atomic E-state index is 13.2. The second kappa shape index (κ2) is 4.87. The van der Waals surface area contributed by atoms with Gasteiger partial charge in [0.2, 0.25) is 0 Å². The van der Waals surface area contributed by atoms with Crippen molar-refractivity contribution in [3.05, 3.63) is 35.4 Å². The minimum atomic E-state index is -1.03. The summed E-state index contributed by atoms with van der Waals surface area (Å²) in [5.74, 6) is -3.14. The van der Waals surface area contributed by atoms with E-state index in [9.17, 15) is 13.6 Å². The lowest BCUT2D eigenvalue weighted by molar-refractivity contribution is -0.141. The molecule has 1 aromatic carbocycles. The Bertz CT molecular complexity index is 343. The lowest BCUT2D eigenvalue weighted by Gasteiger charge is -2.10. The largest absolute Gasteiger partial charge is 0.481 e. The van der Waals surface area contributed by atoms with Gasteiger partial charge in [-0.15, -0.1) is 0 Å². The Hall–Kier alpha value is -1.45. The Morgan fingerprint density at radius 3 is 2.33 bits per heavy atom. The van der Waals surface area contributed by atoms with Crippen LogP contribution in [0.2, 0.25) is 0 Å². The van der Waals surface area contributed by atoms with Gasteiger partial charge in [0, 0.05) is 5.56 Å². The molecule has 1 N–H and O–H groups in total. The molecule has 0 fully saturated rings. The maximum atomic E-state index is 13.2. The standard InChI is InChI=1S/C11H12F2O2/c1-2-7(11(14)15)6-8-9(12)4-3-5-10(8)13/h3-5,7H,2,6H2,1H3,(H,14,15). The predicted molar refractivity (Wildman–Crippen MR) is 51.5 cm³/mol. The fraction of sp³-hybridized carbons (Fsp3) is 0.364. The number of hydrogen-bond acceptors (Lipinski definition) is 1. The van der Waals surface area contributed by atoms with E-state index in [1.54, 1.807) is 6.92 Å². The average molecular weight is 214 g/mol. The fourth-order valence-corrected chi connectivity index (χ4v) is 1.38. The second-order valence-corrected chi connectivity index (χ2v) is 3.35. The number of aliphatic carboxylic acids is 1. The highest BCUT2D eigenvalue weighted by molar-refractivity contribution is 5.70. The second-order valence-electron chi connectivity index (χ2n) is 3.35. The summed E-state index contributed by atoms with van der Waals surface area (Å²) < 4.78 is 26.4. The normalized spacial score (nSPS) is 12.5. The van der Waals surface area contributed by atoms with Crippen LogP contribution in [0.3, 0.4) is 0 Å². The van der Waals surface area contributed by atoms with E-state index >= 15 is 0 Å². The van der Waals surface area contributed by atoms with Gasteiger partial charge in [0.1, 0.15) is 11.6 Å². The van der Waals surface area contributed by atoms with E-state index in [0.29, 0.717) is 6.42 Å². The third-order valence-electron chi connectivity index (χ3n) is 2.35. The Morgan fingerprint density at radius 2 is 1.93 bits per heavy atom. The lowest BCUT2D eigenvalue weighted by atomic mass is 9.96. The molecular formula is C11H12F2O2. The van der Waals surface area contributed by atoms with Crippen LogP contribution in [0.15, 0.2) is 18.2 Å². The summed E-state index contributed by atoms with van der Waals surface area (Å²) in [4.78, 5) is 10.7. The van der Waals surface area contributed by atoms with Crippen molar-refractivity contribution in [3.63, 3.8) is 0 Å². The molecule has 0 heterocycles. The first-order chi connectivity index (χ1) is 7.06. The number of carbonyl (C=O) groups is 1. The van der Waals surface area contributed by atoms with Crippen molar-refractivity contribution in [1.82, 2.24) is 0 Å². The fourth-order valence-electron chi connectivity index (χ4n) is 1.38. The van der Waals surface area contributed by atoms with E-state index in [4.69, 9.17) is 5.11 Å². The summed E-state index contributed by atoms with van der Waals surface area (Å²) in [7, 11) is 0. The van der Waals surface area contributed by atoms with Gasteiger partial charge in [-0.2, -0.15) is 0 Å². The van der Waals surface area contributed by atoms with E-state index in [1.165, 1.54) is 6.07 Å².